The summed E-state index contributed by atoms with van der Waals surface area (Å²) in [6.07, 6.45) is 0.535. The van der Waals surface area contributed by atoms with Crippen LogP contribution in [0.2, 0.25) is 0 Å². The highest BCUT2D eigenvalue weighted by molar-refractivity contribution is 5.79. The maximum atomic E-state index is 12.8. The lowest BCUT2D eigenvalue weighted by molar-refractivity contribution is 0.0702. The fraction of sp³-hybridized carbons (Fsp3) is 0.364. The lowest BCUT2D eigenvalue weighted by atomic mass is 10.2. The zero-order chi connectivity index (χ0) is 11.8. The number of hydrogen-bond donors (Lipinski definition) is 1. The van der Waals surface area contributed by atoms with Crippen LogP contribution in [-0.2, 0) is 4.74 Å². The molecule has 0 amide bonds. The average molecular weight is 228 g/mol. The van der Waals surface area contributed by atoms with Gasteiger partial charge in [-0.1, -0.05) is 0 Å². The molecule has 0 fully saturated rings. The number of benzene rings is 1. The van der Waals surface area contributed by atoms with Crippen molar-refractivity contribution in [3.63, 3.8) is 0 Å². The number of carbonyl (C=O) groups is 1. The molecule has 0 aromatic heterocycles. The number of aldehydes is 1. The number of hydrogen-bond acceptors (Lipinski definition) is 4. The van der Waals surface area contributed by atoms with Crippen molar-refractivity contribution in [2.75, 3.05) is 26.4 Å². The first kappa shape index (κ1) is 12.6. The van der Waals surface area contributed by atoms with Crippen molar-refractivity contribution in [3.8, 4) is 5.75 Å². The molecular formula is C11H13FO4. The molecule has 1 N–H and O–H groups in total. The third-order valence-corrected chi connectivity index (χ3v) is 1.82. The minimum absolute atomic E-state index is 0.0455. The summed E-state index contributed by atoms with van der Waals surface area (Å²) >= 11 is 0. The predicted octanol–water partition coefficient (Wildman–Crippen LogP) is 1.03. The van der Waals surface area contributed by atoms with Gasteiger partial charge in [0.05, 0.1) is 25.4 Å². The number of ether oxygens (including phenoxy) is 2. The van der Waals surface area contributed by atoms with Gasteiger partial charge in [0.1, 0.15) is 18.2 Å². The molecule has 4 nitrogen and oxygen atoms in total. The molecule has 0 bridgehead atoms. The Morgan fingerprint density at radius 3 is 2.81 bits per heavy atom. The Morgan fingerprint density at radius 1 is 1.31 bits per heavy atom. The molecule has 0 saturated carbocycles. The lowest BCUT2D eigenvalue weighted by Gasteiger charge is -2.08. The summed E-state index contributed by atoms with van der Waals surface area (Å²) < 4.78 is 22.9. The Labute approximate surface area is 92.6 Å². The molecule has 0 radical (unpaired) electrons. The molecule has 5 heteroatoms. The highest BCUT2D eigenvalue weighted by atomic mass is 19.1. The summed E-state index contributed by atoms with van der Waals surface area (Å²) in [4.78, 5) is 10.6. The molecule has 88 valence electrons. The number of rotatable bonds is 7. The Balaban J connectivity index is 2.44. The van der Waals surface area contributed by atoms with Crippen molar-refractivity contribution in [2.45, 2.75) is 0 Å². The van der Waals surface area contributed by atoms with E-state index in [0.29, 0.717) is 18.6 Å². The van der Waals surface area contributed by atoms with E-state index in [-0.39, 0.29) is 25.4 Å². The van der Waals surface area contributed by atoms with E-state index in [4.69, 9.17) is 14.6 Å². The second-order valence-corrected chi connectivity index (χ2v) is 2.98. The minimum Gasteiger partial charge on any atom is -0.490 e. The second-order valence-electron chi connectivity index (χ2n) is 2.98. The van der Waals surface area contributed by atoms with Crippen molar-refractivity contribution in [1.82, 2.24) is 0 Å². The third kappa shape index (κ3) is 3.96. The van der Waals surface area contributed by atoms with Gasteiger partial charge >= 0.3 is 0 Å². The first-order valence-corrected chi connectivity index (χ1v) is 4.84. The summed E-state index contributed by atoms with van der Waals surface area (Å²) in [7, 11) is 0. The first-order chi connectivity index (χ1) is 7.77. The van der Waals surface area contributed by atoms with E-state index < -0.39 is 5.82 Å². The Bertz CT molecular complexity index is 341. The molecule has 0 atom stereocenters. The number of aliphatic hydroxyl groups excluding tert-OH is 1. The van der Waals surface area contributed by atoms with E-state index in [1.165, 1.54) is 12.1 Å². The molecule has 0 spiro atoms. The molecule has 0 saturated heterocycles. The molecule has 0 aliphatic carbocycles. The number of aliphatic hydroxyl groups is 1. The van der Waals surface area contributed by atoms with E-state index >= 15 is 0 Å². The summed E-state index contributed by atoms with van der Waals surface area (Å²) in [6, 6.07) is 3.72. The van der Waals surface area contributed by atoms with Gasteiger partial charge < -0.3 is 14.6 Å². The topological polar surface area (TPSA) is 55.8 Å². The third-order valence-electron chi connectivity index (χ3n) is 1.82. The zero-order valence-electron chi connectivity index (χ0n) is 8.69. The average Bonchev–Trinajstić information content (AvgIpc) is 2.30. The van der Waals surface area contributed by atoms with Crippen LogP contribution in [0, 0.1) is 5.82 Å². The molecule has 16 heavy (non-hydrogen) atoms. The predicted molar refractivity (Wildman–Crippen MR) is 55.2 cm³/mol. The summed E-state index contributed by atoms with van der Waals surface area (Å²) in [5, 5.41) is 8.44. The second kappa shape index (κ2) is 6.92. The fourth-order valence-electron chi connectivity index (χ4n) is 1.12. The first-order valence-electron chi connectivity index (χ1n) is 4.84. The van der Waals surface area contributed by atoms with Gasteiger partial charge in [0.15, 0.2) is 6.29 Å². The van der Waals surface area contributed by atoms with Gasteiger partial charge in [-0.25, -0.2) is 4.39 Å². The Morgan fingerprint density at radius 2 is 2.12 bits per heavy atom. The summed E-state index contributed by atoms with van der Waals surface area (Å²) in [5.74, 6) is -0.157. The SMILES string of the molecule is O=Cc1cc(F)ccc1OCCOCCO. The van der Waals surface area contributed by atoms with Crippen LogP contribution in [0.1, 0.15) is 10.4 Å². The van der Waals surface area contributed by atoms with E-state index in [0.717, 1.165) is 6.07 Å². The van der Waals surface area contributed by atoms with E-state index in [1.54, 1.807) is 0 Å². The van der Waals surface area contributed by atoms with E-state index in [9.17, 15) is 9.18 Å². The van der Waals surface area contributed by atoms with Crippen LogP contribution in [-0.4, -0.2) is 37.8 Å². The van der Waals surface area contributed by atoms with Gasteiger partial charge in [0.25, 0.3) is 0 Å². The van der Waals surface area contributed by atoms with Gasteiger partial charge in [-0.3, -0.25) is 4.79 Å². The highest BCUT2D eigenvalue weighted by Crippen LogP contribution is 2.17. The molecule has 0 aliphatic heterocycles. The standard InChI is InChI=1S/C11H13FO4/c12-10-1-2-11(9(7-10)8-14)16-6-5-15-4-3-13/h1-2,7-8,13H,3-6H2. The zero-order valence-corrected chi connectivity index (χ0v) is 8.69. The number of carbonyl (C=O) groups excluding carboxylic acids is 1. The van der Waals surface area contributed by atoms with Gasteiger partial charge in [0, 0.05) is 0 Å². The molecule has 1 rings (SSSR count). The van der Waals surface area contributed by atoms with Crippen LogP contribution >= 0.6 is 0 Å². The van der Waals surface area contributed by atoms with Gasteiger partial charge in [-0.15, -0.1) is 0 Å². The lowest BCUT2D eigenvalue weighted by Crippen LogP contribution is -2.10. The maximum absolute atomic E-state index is 12.8. The Hall–Kier alpha value is -1.46. The largest absolute Gasteiger partial charge is 0.490 e. The summed E-state index contributed by atoms with van der Waals surface area (Å²) in [5.41, 5.74) is 0.169. The van der Waals surface area contributed by atoms with Crippen molar-refractivity contribution in [2.24, 2.45) is 0 Å². The molecular weight excluding hydrogens is 215 g/mol. The van der Waals surface area contributed by atoms with E-state index in [1.807, 2.05) is 0 Å². The molecule has 0 unspecified atom stereocenters. The monoisotopic (exact) mass is 228 g/mol. The highest BCUT2D eigenvalue weighted by Gasteiger charge is 2.04. The maximum Gasteiger partial charge on any atom is 0.153 e. The van der Waals surface area contributed by atoms with Crippen molar-refractivity contribution in [3.05, 3.63) is 29.6 Å². The van der Waals surface area contributed by atoms with Crippen LogP contribution in [0.4, 0.5) is 4.39 Å². The number of halogens is 1. The normalized spacial score (nSPS) is 10.1. The van der Waals surface area contributed by atoms with Gasteiger partial charge in [-0.2, -0.15) is 0 Å². The van der Waals surface area contributed by atoms with Crippen LogP contribution in [0.5, 0.6) is 5.75 Å². The van der Waals surface area contributed by atoms with Crippen LogP contribution in [0.25, 0.3) is 0 Å². The van der Waals surface area contributed by atoms with Crippen molar-refractivity contribution < 1.29 is 23.8 Å². The van der Waals surface area contributed by atoms with Crippen LogP contribution < -0.4 is 4.74 Å². The molecule has 0 aliphatic rings. The van der Waals surface area contributed by atoms with Gasteiger partial charge in [0.2, 0.25) is 0 Å². The fourth-order valence-corrected chi connectivity index (χ4v) is 1.12. The summed E-state index contributed by atoms with van der Waals surface area (Å²) in [6.45, 7) is 0.742. The van der Waals surface area contributed by atoms with Gasteiger partial charge in [-0.05, 0) is 18.2 Å². The van der Waals surface area contributed by atoms with Crippen LogP contribution in [0.3, 0.4) is 0 Å². The molecule has 1 aromatic rings. The molecule has 0 heterocycles. The van der Waals surface area contributed by atoms with E-state index in [2.05, 4.69) is 0 Å². The smallest absolute Gasteiger partial charge is 0.153 e. The Kier molecular flexibility index (Phi) is 5.45. The van der Waals surface area contributed by atoms with Crippen molar-refractivity contribution >= 4 is 6.29 Å². The minimum atomic E-state index is -0.481. The quantitative estimate of drug-likeness (QED) is 0.559. The van der Waals surface area contributed by atoms with Crippen LogP contribution in [0.15, 0.2) is 18.2 Å². The van der Waals surface area contributed by atoms with Crippen molar-refractivity contribution in [1.29, 1.82) is 0 Å². The molecule has 1 aromatic carbocycles.